The largest absolute Gasteiger partial charge is 0.434 e. The standard InChI is InChI=1S/C13H13NO2/c1-9(2)12(15)13-14-8-11(16-13)10-6-4-3-5-7-10/h3-9H,1-2H3. The summed E-state index contributed by atoms with van der Waals surface area (Å²) in [6.07, 6.45) is 1.59. The predicted molar refractivity (Wildman–Crippen MR) is 61.1 cm³/mol. The number of carbonyl (C=O) groups is 1. The van der Waals surface area contributed by atoms with E-state index in [-0.39, 0.29) is 17.6 Å². The molecule has 0 aliphatic rings. The maximum absolute atomic E-state index is 11.6. The second kappa shape index (κ2) is 4.31. The van der Waals surface area contributed by atoms with Gasteiger partial charge in [-0.3, -0.25) is 4.79 Å². The fourth-order valence-corrected chi connectivity index (χ4v) is 1.37. The number of benzene rings is 1. The first-order valence-corrected chi connectivity index (χ1v) is 5.24. The Hall–Kier alpha value is -1.90. The van der Waals surface area contributed by atoms with E-state index in [2.05, 4.69) is 4.98 Å². The molecule has 3 heteroatoms. The fourth-order valence-electron chi connectivity index (χ4n) is 1.37. The number of hydrogen-bond acceptors (Lipinski definition) is 3. The smallest absolute Gasteiger partial charge is 0.263 e. The molecule has 0 unspecified atom stereocenters. The van der Waals surface area contributed by atoms with Gasteiger partial charge < -0.3 is 4.42 Å². The number of aromatic nitrogens is 1. The van der Waals surface area contributed by atoms with Gasteiger partial charge in [-0.25, -0.2) is 4.98 Å². The van der Waals surface area contributed by atoms with E-state index in [9.17, 15) is 4.79 Å². The summed E-state index contributed by atoms with van der Waals surface area (Å²) in [6, 6.07) is 9.61. The van der Waals surface area contributed by atoms with Gasteiger partial charge in [0.1, 0.15) is 0 Å². The molecule has 1 aromatic heterocycles. The zero-order valence-corrected chi connectivity index (χ0v) is 9.31. The average Bonchev–Trinajstić information content (AvgIpc) is 2.78. The molecular formula is C13H13NO2. The van der Waals surface area contributed by atoms with E-state index in [0.717, 1.165) is 5.56 Å². The molecule has 0 saturated carbocycles. The lowest BCUT2D eigenvalue weighted by Crippen LogP contribution is -2.07. The summed E-state index contributed by atoms with van der Waals surface area (Å²) in [4.78, 5) is 15.6. The Morgan fingerprint density at radius 1 is 1.25 bits per heavy atom. The second-order valence-corrected chi connectivity index (χ2v) is 3.91. The Morgan fingerprint density at radius 2 is 1.94 bits per heavy atom. The van der Waals surface area contributed by atoms with E-state index < -0.39 is 0 Å². The molecular weight excluding hydrogens is 202 g/mol. The first-order valence-electron chi connectivity index (χ1n) is 5.24. The number of hydrogen-bond donors (Lipinski definition) is 0. The van der Waals surface area contributed by atoms with Crippen LogP contribution in [0.4, 0.5) is 0 Å². The molecule has 1 aromatic carbocycles. The third-order valence-electron chi connectivity index (χ3n) is 2.30. The lowest BCUT2D eigenvalue weighted by molar-refractivity contribution is 0.0905. The van der Waals surface area contributed by atoms with Crippen molar-refractivity contribution in [1.29, 1.82) is 0 Å². The van der Waals surface area contributed by atoms with Crippen LogP contribution < -0.4 is 0 Å². The van der Waals surface area contributed by atoms with Gasteiger partial charge in [-0.2, -0.15) is 0 Å². The van der Waals surface area contributed by atoms with Crippen LogP contribution in [-0.4, -0.2) is 10.8 Å². The molecule has 0 bridgehead atoms. The summed E-state index contributed by atoms with van der Waals surface area (Å²) in [6.45, 7) is 3.66. The van der Waals surface area contributed by atoms with Gasteiger partial charge in [0, 0.05) is 11.5 Å². The van der Waals surface area contributed by atoms with Gasteiger partial charge in [0.2, 0.25) is 5.78 Å². The van der Waals surface area contributed by atoms with E-state index in [0.29, 0.717) is 5.76 Å². The van der Waals surface area contributed by atoms with E-state index in [4.69, 9.17) is 4.42 Å². The Bertz CT molecular complexity index is 486. The quantitative estimate of drug-likeness (QED) is 0.738. The van der Waals surface area contributed by atoms with Crippen molar-refractivity contribution in [3.8, 4) is 11.3 Å². The number of rotatable bonds is 3. The first-order chi connectivity index (χ1) is 7.68. The zero-order chi connectivity index (χ0) is 11.5. The van der Waals surface area contributed by atoms with Crippen molar-refractivity contribution in [2.75, 3.05) is 0 Å². The summed E-state index contributed by atoms with van der Waals surface area (Å²) in [5, 5.41) is 0. The summed E-state index contributed by atoms with van der Waals surface area (Å²) >= 11 is 0. The van der Waals surface area contributed by atoms with Gasteiger partial charge in [0.05, 0.1) is 6.20 Å². The fraction of sp³-hybridized carbons (Fsp3) is 0.231. The lowest BCUT2D eigenvalue weighted by Gasteiger charge is -1.98. The van der Waals surface area contributed by atoms with Crippen molar-refractivity contribution in [3.05, 3.63) is 42.4 Å². The summed E-state index contributed by atoms with van der Waals surface area (Å²) in [7, 11) is 0. The highest BCUT2D eigenvalue weighted by Crippen LogP contribution is 2.20. The van der Waals surface area contributed by atoms with E-state index >= 15 is 0 Å². The highest BCUT2D eigenvalue weighted by atomic mass is 16.4. The molecule has 2 aromatic rings. The molecule has 0 atom stereocenters. The molecule has 0 radical (unpaired) electrons. The van der Waals surface area contributed by atoms with Gasteiger partial charge in [0.15, 0.2) is 5.76 Å². The highest BCUT2D eigenvalue weighted by Gasteiger charge is 2.16. The summed E-state index contributed by atoms with van der Waals surface area (Å²) < 4.78 is 5.43. The Kier molecular flexibility index (Phi) is 2.86. The van der Waals surface area contributed by atoms with Crippen molar-refractivity contribution < 1.29 is 9.21 Å². The van der Waals surface area contributed by atoms with Crippen molar-refractivity contribution >= 4 is 5.78 Å². The number of Topliss-reactive ketones (excluding diaryl/α,β-unsaturated/α-hetero) is 1. The second-order valence-electron chi connectivity index (χ2n) is 3.91. The molecule has 0 aliphatic heterocycles. The van der Waals surface area contributed by atoms with Gasteiger partial charge in [-0.05, 0) is 0 Å². The topological polar surface area (TPSA) is 43.1 Å². The van der Waals surface area contributed by atoms with Gasteiger partial charge in [-0.15, -0.1) is 0 Å². The molecule has 2 rings (SSSR count). The molecule has 82 valence electrons. The lowest BCUT2D eigenvalue weighted by atomic mass is 10.1. The molecule has 0 amide bonds. The molecule has 0 fully saturated rings. The van der Waals surface area contributed by atoms with Crippen molar-refractivity contribution in [3.63, 3.8) is 0 Å². The zero-order valence-electron chi connectivity index (χ0n) is 9.31. The van der Waals surface area contributed by atoms with Gasteiger partial charge in [-0.1, -0.05) is 44.2 Å². The average molecular weight is 215 g/mol. The minimum Gasteiger partial charge on any atom is -0.434 e. The van der Waals surface area contributed by atoms with Crippen LogP contribution >= 0.6 is 0 Å². The van der Waals surface area contributed by atoms with Crippen LogP contribution in [0.25, 0.3) is 11.3 Å². The van der Waals surface area contributed by atoms with E-state index in [1.54, 1.807) is 6.20 Å². The molecule has 3 nitrogen and oxygen atoms in total. The minimum absolute atomic E-state index is 0.0674. The molecule has 0 saturated heterocycles. The normalized spacial score (nSPS) is 10.7. The molecule has 0 spiro atoms. The highest BCUT2D eigenvalue weighted by molar-refractivity contribution is 5.93. The Balaban J connectivity index is 2.30. The Labute approximate surface area is 94.1 Å². The van der Waals surface area contributed by atoms with Crippen LogP contribution in [0.3, 0.4) is 0 Å². The van der Waals surface area contributed by atoms with Crippen LogP contribution in [0.1, 0.15) is 24.5 Å². The van der Waals surface area contributed by atoms with Gasteiger partial charge in [0.25, 0.3) is 5.89 Å². The molecule has 16 heavy (non-hydrogen) atoms. The SMILES string of the molecule is CC(C)C(=O)c1ncc(-c2ccccc2)o1. The maximum atomic E-state index is 11.6. The number of nitrogens with zero attached hydrogens (tertiary/aromatic N) is 1. The van der Waals surface area contributed by atoms with Crippen LogP contribution in [0.15, 0.2) is 40.9 Å². The first kappa shape index (κ1) is 10.6. The summed E-state index contributed by atoms with van der Waals surface area (Å²) in [5.41, 5.74) is 0.929. The number of oxazole rings is 1. The van der Waals surface area contributed by atoms with Crippen molar-refractivity contribution in [1.82, 2.24) is 4.98 Å². The Morgan fingerprint density at radius 3 is 2.56 bits per heavy atom. The maximum Gasteiger partial charge on any atom is 0.263 e. The van der Waals surface area contributed by atoms with Crippen molar-refractivity contribution in [2.24, 2.45) is 5.92 Å². The molecule has 0 N–H and O–H groups in total. The third-order valence-corrected chi connectivity index (χ3v) is 2.30. The van der Waals surface area contributed by atoms with Gasteiger partial charge >= 0.3 is 0 Å². The predicted octanol–water partition coefficient (Wildman–Crippen LogP) is 3.18. The monoisotopic (exact) mass is 215 g/mol. The number of ketones is 1. The molecule has 0 aliphatic carbocycles. The molecule has 1 heterocycles. The van der Waals surface area contributed by atoms with Crippen LogP contribution in [-0.2, 0) is 0 Å². The number of carbonyl (C=O) groups excluding carboxylic acids is 1. The van der Waals surface area contributed by atoms with Crippen LogP contribution in [0.2, 0.25) is 0 Å². The summed E-state index contributed by atoms with van der Waals surface area (Å²) in [5.74, 6) is 0.655. The minimum atomic E-state index is -0.0951. The van der Waals surface area contributed by atoms with E-state index in [1.165, 1.54) is 0 Å². The van der Waals surface area contributed by atoms with E-state index in [1.807, 2.05) is 44.2 Å². The third kappa shape index (κ3) is 2.03. The van der Waals surface area contributed by atoms with Crippen LogP contribution in [0, 0.1) is 5.92 Å². The van der Waals surface area contributed by atoms with Crippen LogP contribution in [0.5, 0.6) is 0 Å². The van der Waals surface area contributed by atoms with Crippen molar-refractivity contribution in [2.45, 2.75) is 13.8 Å².